The van der Waals surface area contributed by atoms with Gasteiger partial charge in [0.05, 0.1) is 0 Å². The summed E-state index contributed by atoms with van der Waals surface area (Å²) in [6.07, 6.45) is 6.40. The molecule has 1 unspecified atom stereocenters. The summed E-state index contributed by atoms with van der Waals surface area (Å²) in [6.45, 7) is 5.34. The van der Waals surface area contributed by atoms with Crippen molar-refractivity contribution in [2.45, 2.75) is 39.2 Å². The molecule has 0 aromatic carbocycles. The fraction of sp³-hybridized carbons (Fsp3) is 0.500. The van der Waals surface area contributed by atoms with Crippen molar-refractivity contribution in [1.29, 1.82) is 0 Å². The van der Waals surface area contributed by atoms with Gasteiger partial charge < -0.3 is 9.84 Å². The number of rotatable bonds is 7. The molecule has 0 saturated heterocycles. The Labute approximate surface area is 113 Å². The monoisotopic (exact) mass is 260 g/mol. The van der Waals surface area contributed by atoms with E-state index < -0.39 is 0 Å². The smallest absolute Gasteiger partial charge is 0.228 e. The van der Waals surface area contributed by atoms with Crippen LogP contribution in [0, 0.1) is 0 Å². The van der Waals surface area contributed by atoms with Crippen molar-refractivity contribution in [2.75, 3.05) is 6.54 Å². The lowest BCUT2D eigenvalue weighted by molar-refractivity contribution is 0.354. The highest BCUT2D eigenvalue weighted by atomic mass is 16.5. The number of nitrogens with zero attached hydrogens (tertiary/aromatic N) is 3. The minimum Gasteiger partial charge on any atom is -0.339 e. The Balaban J connectivity index is 2.01. The van der Waals surface area contributed by atoms with Gasteiger partial charge >= 0.3 is 0 Å². The average Bonchev–Trinajstić information content (AvgIpc) is 2.93. The molecule has 0 fully saturated rings. The second kappa shape index (κ2) is 6.99. The van der Waals surface area contributed by atoms with Crippen molar-refractivity contribution in [1.82, 2.24) is 20.4 Å². The third kappa shape index (κ3) is 3.86. The molecule has 5 heteroatoms. The van der Waals surface area contributed by atoms with Crippen LogP contribution in [0.2, 0.25) is 0 Å². The lowest BCUT2D eigenvalue weighted by Gasteiger charge is -2.13. The first-order valence-corrected chi connectivity index (χ1v) is 6.79. The van der Waals surface area contributed by atoms with Gasteiger partial charge in [0, 0.05) is 30.4 Å². The van der Waals surface area contributed by atoms with E-state index in [1.165, 1.54) is 0 Å². The first-order chi connectivity index (χ1) is 9.33. The van der Waals surface area contributed by atoms with Crippen molar-refractivity contribution in [3.8, 4) is 11.4 Å². The van der Waals surface area contributed by atoms with Crippen LogP contribution in [0.15, 0.2) is 29.0 Å². The zero-order chi connectivity index (χ0) is 13.5. The van der Waals surface area contributed by atoms with E-state index in [-0.39, 0.29) is 0 Å². The SMILES string of the molecule is CCCNC(CC)Cc1nc(-c2ccncc2)no1. The van der Waals surface area contributed by atoms with Gasteiger partial charge in [-0.15, -0.1) is 0 Å². The molecule has 0 spiro atoms. The predicted octanol–water partition coefficient (Wildman–Crippen LogP) is 2.45. The second-order valence-electron chi connectivity index (χ2n) is 4.51. The summed E-state index contributed by atoms with van der Waals surface area (Å²) in [5, 5.41) is 7.49. The Hall–Kier alpha value is -1.75. The van der Waals surface area contributed by atoms with Crippen molar-refractivity contribution in [3.05, 3.63) is 30.4 Å². The average molecular weight is 260 g/mol. The topological polar surface area (TPSA) is 63.8 Å². The highest BCUT2D eigenvalue weighted by Crippen LogP contribution is 2.15. The zero-order valence-corrected chi connectivity index (χ0v) is 11.5. The summed E-state index contributed by atoms with van der Waals surface area (Å²) in [5.41, 5.74) is 0.930. The van der Waals surface area contributed by atoms with Gasteiger partial charge in [0.25, 0.3) is 0 Å². The summed E-state index contributed by atoms with van der Waals surface area (Å²) in [7, 11) is 0. The molecule has 1 atom stereocenters. The van der Waals surface area contributed by atoms with E-state index in [2.05, 4.69) is 34.3 Å². The highest BCUT2D eigenvalue weighted by molar-refractivity contribution is 5.52. The largest absolute Gasteiger partial charge is 0.339 e. The van der Waals surface area contributed by atoms with Gasteiger partial charge in [-0.25, -0.2) is 0 Å². The van der Waals surface area contributed by atoms with Gasteiger partial charge in [0.2, 0.25) is 11.7 Å². The lowest BCUT2D eigenvalue weighted by atomic mass is 10.1. The Morgan fingerprint density at radius 2 is 2.05 bits per heavy atom. The summed E-state index contributed by atoms with van der Waals surface area (Å²) < 4.78 is 5.31. The van der Waals surface area contributed by atoms with E-state index in [0.717, 1.165) is 31.4 Å². The molecule has 5 nitrogen and oxygen atoms in total. The van der Waals surface area contributed by atoms with E-state index in [4.69, 9.17) is 4.52 Å². The number of pyridine rings is 1. The number of hydrogen-bond acceptors (Lipinski definition) is 5. The van der Waals surface area contributed by atoms with Crippen LogP contribution in [0.1, 0.15) is 32.6 Å². The molecule has 0 amide bonds. The lowest BCUT2D eigenvalue weighted by Crippen LogP contribution is -2.31. The molecule has 0 aliphatic rings. The maximum atomic E-state index is 5.31. The number of hydrogen-bond donors (Lipinski definition) is 1. The Bertz CT molecular complexity index is 483. The van der Waals surface area contributed by atoms with Crippen molar-refractivity contribution in [2.24, 2.45) is 0 Å². The van der Waals surface area contributed by atoms with Crippen LogP contribution in [0.5, 0.6) is 0 Å². The maximum Gasteiger partial charge on any atom is 0.228 e. The quantitative estimate of drug-likeness (QED) is 0.828. The van der Waals surface area contributed by atoms with Crippen LogP contribution < -0.4 is 5.32 Å². The maximum absolute atomic E-state index is 5.31. The predicted molar refractivity (Wildman–Crippen MR) is 73.6 cm³/mol. The molecule has 2 rings (SSSR count). The van der Waals surface area contributed by atoms with Gasteiger partial charge in [-0.2, -0.15) is 4.98 Å². The molecule has 19 heavy (non-hydrogen) atoms. The molecular formula is C14H20N4O. The third-order valence-electron chi connectivity index (χ3n) is 3.00. The van der Waals surface area contributed by atoms with Crippen LogP contribution in [0.4, 0.5) is 0 Å². The summed E-state index contributed by atoms with van der Waals surface area (Å²) in [4.78, 5) is 8.41. The molecule has 102 valence electrons. The molecule has 2 aromatic rings. The molecule has 1 N–H and O–H groups in total. The van der Waals surface area contributed by atoms with Crippen molar-refractivity contribution >= 4 is 0 Å². The fourth-order valence-corrected chi connectivity index (χ4v) is 1.88. The van der Waals surface area contributed by atoms with Gasteiger partial charge in [-0.1, -0.05) is 19.0 Å². The van der Waals surface area contributed by atoms with Crippen molar-refractivity contribution in [3.63, 3.8) is 0 Å². The summed E-state index contributed by atoms with van der Waals surface area (Å²) in [5.74, 6) is 1.31. The second-order valence-corrected chi connectivity index (χ2v) is 4.51. The molecular weight excluding hydrogens is 240 g/mol. The van der Waals surface area contributed by atoms with E-state index in [1.807, 2.05) is 12.1 Å². The van der Waals surface area contributed by atoms with Crippen LogP contribution >= 0.6 is 0 Å². The van der Waals surface area contributed by atoms with Crippen LogP contribution in [0.3, 0.4) is 0 Å². The number of nitrogens with one attached hydrogen (secondary N) is 1. The van der Waals surface area contributed by atoms with E-state index >= 15 is 0 Å². The molecule has 0 saturated carbocycles. The number of aromatic nitrogens is 3. The molecule has 0 aliphatic carbocycles. The Morgan fingerprint density at radius 1 is 1.26 bits per heavy atom. The van der Waals surface area contributed by atoms with Crippen LogP contribution in [-0.4, -0.2) is 27.7 Å². The standard InChI is InChI=1S/C14H20N4O/c1-3-7-16-12(4-2)10-13-17-14(18-19-13)11-5-8-15-9-6-11/h5-6,8-9,12,16H,3-4,7,10H2,1-2H3. The van der Waals surface area contributed by atoms with E-state index in [9.17, 15) is 0 Å². The summed E-state index contributed by atoms with van der Waals surface area (Å²) >= 11 is 0. The normalized spacial score (nSPS) is 12.5. The fourth-order valence-electron chi connectivity index (χ4n) is 1.88. The first kappa shape index (κ1) is 13.7. The van der Waals surface area contributed by atoms with Crippen LogP contribution in [-0.2, 0) is 6.42 Å². The molecule has 0 bridgehead atoms. The summed E-state index contributed by atoms with van der Waals surface area (Å²) in [6, 6.07) is 4.15. The van der Waals surface area contributed by atoms with Crippen molar-refractivity contribution < 1.29 is 4.52 Å². The highest BCUT2D eigenvalue weighted by Gasteiger charge is 2.13. The minimum absolute atomic E-state index is 0.394. The van der Waals surface area contributed by atoms with Gasteiger partial charge in [-0.3, -0.25) is 4.98 Å². The molecule has 2 heterocycles. The van der Waals surface area contributed by atoms with Gasteiger partial charge in [0.1, 0.15) is 0 Å². The van der Waals surface area contributed by atoms with Crippen LogP contribution in [0.25, 0.3) is 11.4 Å². The first-order valence-electron chi connectivity index (χ1n) is 6.79. The van der Waals surface area contributed by atoms with E-state index in [1.54, 1.807) is 12.4 Å². The molecule has 0 radical (unpaired) electrons. The Kier molecular flexibility index (Phi) is 5.03. The molecule has 2 aromatic heterocycles. The Morgan fingerprint density at radius 3 is 2.74 bits per heavy atom. The van der Waals surface area contributed by atoms with Gasteiger partial charge in [-0.05, 0) is 31.5 Å². The van der Waals surface area contributed by atoms with Gasteiger partial charge in [0.15, 0.2) is 0 Å². The zero-order valence-electron chi connectivity index (χ0n) is 11.5. The molecule has 0 aliphatic heterocycles. The minimum atomic E-state index is 0.394. The third-order valence-corrected chi connectivity index (χ3v) is 3.00. The van der Waals surface area contributed by atoms with E-state index in [0.29, 0.717) is 17.8 Å².